The molecular formula is C12H12N4O3S. The summed E-state index contributed by atoms with van der Waals surface area (Å²) in [6.45, 7) is 3.15. The van der Waals surface area contributed by atoms with Gasteiger partial charge < -0.3 is 4.52 Å². The van der Waals surface area contributed by atoms with Gasteiger partial charge in [-0.1, -0.05) is 11.2 Å². The summed E-state index contributed by atoms with van der Waals surface area (Å²) in [4.78, 5) is 0.0676. The lowest BCUT2D eigenvalue weighted by molar-refractivity contribution is 0.390. The van der Waals surface area contributed by atoms with Crippen molar-refractivity contribution in [2.45, 2.75) is 18.7 Å². The molecule has 1 aromatic carbocycles. The van der Waals surface area contributed by atoms with Crippen molar-refractivity contribution in [2.75, 3.05) is 4.72 Å². The van der Waals surface area contributed by atoms with Crippen LogP contribution >= 0.6 is 0 Å². The molecule has 0 aliphatic carbocycles. The van der Waals surface area contributed by atoms with Gasteiger partial charge in [-0.25, -0.2) is 8.42 Å². The molecule has 0 atom stereocenters. The third-order valence-electron chi connectivity index (χ3n) is 2.97. The molecule has 0 saturated heterocycles. The molecule has 0 spiro atoms. The molecule has 7 nitrogen and oxygen atoms in total. The van der Waals surface area contributed by atoms with Crippen LogP contribution in [0.1, 0.15) is 11.5 Å². The maximum Gasteiger partial charge on any atom is 0.267 e. The van der Waals surface area contributed by atoms with Gasteiger partial charge in [0, 0.05) is 5.39 Å². The average molecular weight is 292 g/mol. The number of rotatable bonds is 3. The highest BCUT2D eigenvalue weighted by Gasteiger charge is 2.24. The summed E-state index contributed by atoms with van der Waals surface area (Å²) in [5, 5.41) is 11.0. The molecule has 8 heteroatoms. The van der Waals surface area contributed by atoms with Crippen LogP contribution in [0, 0.1) is 13.8 Å². The monoisotopic (exact) mass is 292 g/mol. The van der Waals surface area contributed by atoms with Crippen molar-refractivity contribution < 1.29 is 12.9 Å². The number of H-pyrrole nitrogens is 1. The maximum absolute atomic E-state index is 12.4. The van der Waals surface area contributed by atoms with E-state index in [4.69, 9.17) is 4.52 Å². The quantitative estimate of drug-likeness (QED) is 0.768. The molecule has 0 unspecified atom stereocenters. The Bertz CT molecular complexity index is 860. The molecule has 3 rings (SSSR count). The Hall–Kier alpha value is -2.35. The molecule has 0 bridgehead atoms. The number of aryl methyl sites for hydroxylation is 2. The van der Waals surface area contributed by atoms with Crippen LogP contribution in [0.2, 0.25) is 0 Å². The summed E-state index contributed by atoms with van der Waals surface area (Å²) in [7, 11) is -3.75. The second-order valence-electron chi connectivity index (χ2n) is 4.40. The summed E-state index contributed by atoms with van der Waals surface area (Å²) in [6, 6.07) is 5.23. The third-order valence-corrected chi connectivity index (χ3v) is 4.57. The van der Waals surface area contributed by atoms with Gasteiger partial charge in [0.05, 0.1) is 17.4 Å². The minimum atomic E-state index is -3.75. The lowest BCUT2D eigenvalue weighted by Gasteiger charge is -2.08. The Morgan fingerprint density at radius 2 is 2.10 bits per heavy atom. The Kier molecular flexibility index (Phi) is 2.75. The number of nitrogens with one attached hydrogen (secondary N) is 2. The molecule has 0 aliphatic heterocycles. The number of hydrogen-bond donors (Lipinski definition) is 2. The summed E-state index contributed by atoms with van der Waals surface area (Å²) < 4.78 is 32.3. The summed E-state index contributed by atoms with van der Waals surface area (Å²) >= 11 is 0. The first kappa shape index (κ1) is 12.7. The fourth-order valence-corrected chi connectivity index (χ4v) is 3.52. The molecule has 0 saturated carbocycles. The first-order valence-electron chi connectivity index (χ1n) is 5.87. The Labute approximate surface area is 115 Å². The third kappa shape index (κ3) is 1.94. The molecule has 20 heavy (non-hydrogen) atoms. The van der Waals surface area contributed by atoms with E-state index in [1.807, 2.05) is 6.07 Å². The van der Waals surface area contributed by atoms with Crippen molar-refractivity contribution in [1.82, 2.24) is 15.4 Å². The van der Waals surface area contributed by atoms with Gasteiger partial charge in [-0.05, 0) is 26.0 Å². The zero-order valence-electron chi connectivity index (χ0n) is 10.8. The summed E-state index contributed by atoms with van der Waals surface area (Å²) in [5.41, 5.74) is 1.54. The molecule has 2 heterocycles. The molecule has 3 aromatic rings. The highest BCUT2D eigenvalue weighted by Crippen LogP contribution is 2.26. The van der Waals surface area contributed by atoms with Gasteiger partial charge in [-0.15, -0.1) is 0 Å². The normalized spacial score (nSPS) is 11.9. The predicted molar refractivity (Wildman–Crippen MR) is 72.9 cm³/mol. The lowest BCUT2D eigenvalue weighted by Crippen LogP contribution is -2.14. The summed E-state index contributed by atoms with van der Waals surface area (Å²) in [6.07, 6.45) is 1.57. The van der Waals surface area contributed by atoms with Crippen LogP contribution in [0.15, 0.2) is 33.8 Å². The van der Waals surface area contributed by atoms with E-state index >= 15 is 0 Å². The first-order valence-corrected chi connectivity index (χ1v) is 7.35. The maximum atomic E-state index is 12.4. The standard InChI is InChI=1S/C12H12N4O3S/c1-7-12(8(2)19-15-7)20(17,18)16-11-5-3-4-10-9(11)6-13-14-10/h3-6,16H,1-2H3,(H,13,14). The van der Waals surface area contributed by atoms with E-state index in [-0.39, 0.29) is 10.7 Å². The topological polar surface area (TPSA) is 101 Å². The van der Waals surface area contributed by atoms with E-state index in [2.05, 4.69) is 20.1 Å². The van der Waals surface area contributed by atoms with Crippen LogP contribution in [0.4, 0.5) is 5.69 Å². The molecule has 0 aliphatic rings. The highest BCUT2D eigenvalue weighted by molar-refractivity contribution is 7.92. The van der Waals surface area contributed by atoms with Crippen molar-refractivity contribution in [3.63, 3.8) is 0 Å². The second-order valence-corrected chi connectivity index (χ2v) is 6.01. The van der Waals surface area contributed by atoms with Crippen LogP contribution < -0.4 is 4.72 Å². The van der Waals surface area contributed by atoms with Crippen molar-refractivity contribution in [2.24, 2.45) is 0 Å². The van der Waals surface area contributed by atoms with Crippen LogP contribution in [0.3, 0.4) is 0 Å². The summed E-state index contributed by atoms with van der Waals surface area (Å²) in [5.74, 6) is 0.259. The van der Waals surface area contributed by atoms with Gasteiger partial charge >= 0.3 is 0 Å². The molecule has 0 radical (unpaired) electrons. The number of aromatic amines is 1. The molecule has 2 aromatic heterocycles. The van der Waals surface area contributed by atoms with E-state index in [1.54, 1.807) is 32.2 Å². The zero-order valence-corrected chi connectivity index (χ0v) is 11.7. The van der Waals surface area contributed by atoms with Crippen molar-refractivity contribution >= 4 is 26.6 Å². The molecule has 2 N–H and O–H groups in total. The Morgan fingerprint density at radius 1 is 1.30 bits per heavy atom. The molecular weight excluding hydrogens is 280 g/mol. The molecule has 0 fully saturated rings. The Morgan fingerprint density at radius 3 is 2.80 bits per heavy atom. The molecule has 0 amide bonds. The largest absolute Gasteiger partial charge is 0.360 e. The van der Waals surface area contributed by atoms with Crippen molar-refractivity contribution in [1.29, 1.82) is 0 Å². The van der Waals surface area contributed by atoms with E-state index in [0.717, 1.165) is 5.52 Å². The van der Waals surface area contributed by atoms with E-state index in [0.29, 0.717) is 16.8 Å². The lowest BCUT2D eigenvalue weighted by atomic mass is 10.2. The van der Waals surface area contributed by atoms with E-state index < -0.39 is 10.0 Å². The van der Waals surface area contributed by atoms with Crippen LogP contribution in [0.25, 0.3) is 10.9 Å². The smallest absolute Gasteiger partial charge is 0.267 e. The number of fused-ring (bicyclic) bond motifs is 1. The SMILES string of the molecule is Cc1noc(C)c1S(=O)(=O)Nc1cccc2[nH]ncc12. The number of nitrogens with zero attached hydrogens (tertiary/aromatic N) is 2. The number of benzene rings is 1. The number of sulfonamides is 1. The van der Waals surface area contributed by atoms with Crippen molar-refractivity contribution in [3.05, 3.63) is 35.9 Å². The van der Waals surface area contributed by atoms with Crippen LogP contribution in [0.5, 0.6) is 0 Å². The van der Waals surface area contributed by atoms with Gasteiger partial charge in [0.15, 0.2) is 10.7 Å². The van der Waals surface area contributed by atoms with Gasteiger partial charge in [0.1, 0.15) is 5.69 Å². The fraction of sp³-hybridized carbons (Fsp3) is 0.167. The van der Waals surface area contributed by atoms with Gasteiger partial charge in [-0.2, -0.15) is 5.10 Å². The minimum absolute atomic E-state index is 0.0676. The first-order chi connectivity index (χ1) is 9.49. The highest BCUT2D eigenvalue weighted by atomic mass is 32.2. The van der Waals surface area contributed by atoms with Gasteiger partial charge in [-0.3, -0.25) is 9.82 Å². The fourth-order valence-electron chi connectivity index (χ4n) is 2.11. The molecule has 104 valence electrons. The van der Waals surface area contributed by atoms with Crippen molar-refractivity contribution in [3.8, 4) is 0 Å². The predicted octanol–water partition coefficient (Wildman–Crippen LogP) is 1.97. The minimum Gasteiger partial charge on any atom is -0.360 e. The zero-order chi connectivity index (χ0) is 14.3. The number of anilines is 1. The second kappa shape index (κ2) is 4.34. The average Bonchev–Trinajstić information content (AvgIpc) is 2.96. The van der Waals surface area contributed by atoms with Crippen LogP contribution in [-0.2, 0) is 10.0 Å². The van der Waals surface area contributed by atoms with Gasteiger partial charge in [0.25, 0.3) is 10.0 Å². The number of aromatic nitrogens is 3. The van der Waals surface area contributed by atoms with Crippen LogP contribution in [-0.4, -0.2) is 23.8 Å². The Balaban J connectivity index is 2.09. The number of hydrogen-bond acceptors (Lipinski definition) is 5. The van der Waals surface area contributed by atoms with Gasteiger partial charge in [0.2, 0.25) is 0 Å². The van der Waals surface area contributed by atoms with E-state index in [9.17, 15) is 8.42 Å². The van der Waals surface area contributed by atoms with E-state index in [1.165, 1.54) is 0 Å².